The van der Waals surface area contributed by atoms with Gasteiger partial charge in [0.05, 0.1) is 36.1 Å². The van der Waals surface area contributed by atoms with Gasteiger partial charge >= 0.3 is 5.97 Å². The molecular formula is C19H15ClFNO4. The number of carbonyl (C=O) groups is 2. The molecule has 5 nitrogen and oxygen atoms in total. The van der Waals surface area contributed by atoms with Crippen molar-refractivity contribution in [1.29, 1.82) is 0 Å². The van der Waals surface area contributed by atoms with E-state index in [9.17, 15) is 14.0 Å². The minimum Gasteiger partial charge on any atom is -0.467 e. The third-order valence-corrected chi connectivity index (χ3v) is 4.41. The maximum Gasteiger partial charge on any atom is 0.340 e. The summed E-state index contributed by atoms with van der Waals surface area (Å²) in [4.78, 5) is 26.5. The zero-order chi connectivity index (χ0) is 18.8. The fourth-order valence-electron chi connectivity index (χ4n) is 2.77. The number of allylic oxidation sites excluding steroid dienone is 1. The highest BCUT2D eigenvalue weighted by Crippen LogP contribution is 2.34. The van der Waals surface area contributed by atoms with Crippen molar-refractivity contribution in [2.75, 3.05) is 7.11 Å². The summed E-state index contributed by atoms with van der Waals surface area (Å²) >= 11 is 6.05. The van der Waals surface area contributed by atoms with Crippen LogP contribution in [0.4, 0.5) is 4.39 Å². The number of ether oxygens (including phenoxy) is 1. The van der Waals surface area contributed by atoms with Crippen molar-refractivity contribution in [2.24, 2.45) is 0 Å². The number of nitrogens with zero attached hydrogens (tertiary/aromatic N) is 1. The van der Waals surface area contributed by atoms with Crippen molar-refractivity contribution >= 4 is 29.6 Å². The second-order valence-corrected chi connectivity index (χ2v) is 6.02. The molecule has 26 heavy (non-hydrogen) atoms. The van der Waals surface area contributed by atoms with E-state index in [0.717, 1.165) is 0 Å². The number of rotatable bonds is 4. The standard InChI is InChI=1S/C19H15ClFNO4/c1-11-17(19(24)25-2)14(9-13-15(20)6-3-7-16(13)21)18(23)22(11)10-12-5-4-8-26-12/h3-9H,10H2,1-2H3/b14-9+. The predicted octanol–water partition coefficient (Wildman–Crippen LogP) is 3.94. The first-order chi connectivity index (χ1) is 12.4. The summed E-state index contributed by atoms with van der Waals surface area (Å²) in [5, 5.41) is 0.136. The van der Waals surface area contributed by atoms with Gasteiger partial charge in [0.25, 0.3) is 5.91 Å². The molecule has 2 heterocycles. The predicted molar refractivity (Wildman–Crippen MR) is 93.4 cm³/mol. The van der Waals surface area contributed by atoms with E-state index in [1.807, 2.05) is 0 Å². The number of halogens is 2. The zero-order valence-electron chi connectivity index (χ0n) is 14.1. The normalized spacial score (nSPS) is 15.9. The summed E-state index contributed by atoms with van der Waals surface area (Å²) in [6.07, 6.45) is 2.77. The quantitative estimate of drug-likeness (QED) is 0.599. The smallest absolute Gasteiger partial charge is 0.340 e. The van der Waals surface area contributed by atoms with Gasteiger partial charge in [0.2, 0.25) is 0 Å². The minimum absolute atomic E-state index is 0.0212. The molecule has 1 amide bonds. The van der Waals surface area contributed by atoms with Gasteiger partial charge in [-0.05, 0) is 37.3 Å². The van der Waals surface area contributed by atoms with Crippen molar-refractivity contribution in [3.05, 3.63) is 75.6 Å². The van der Waals surface area contributed by atoms with Crippen molar-refractivity contribution in [3.8, 4) is 0 Å². The van der Waals surface area contributed by atoms with E-state index in [-0.39, 0.29) is 28.3 Å². The molecule has 0 spiro atoms. The van der Waals surface area contributed by atoms with Gasteiger partial charge < -0.3 is 14.1 Å². The Morgan fingerprint density at radius 2 is 2.12 bits per heavy atom. The molecule has 0 saturated carbocycles. The van der Waals surface area contributed by atoms with Gasteiger partial charge in [-0.15, -0.1) is 0 Å². The van der Waals surface area contributed by atoms with Crippen molar-refractivity contribution in [3.63, 3.8) is 0 Å². The highest BCUT2D eigenvalue weighted by atomic mass is 35.5. The van der Waals surface area contributed by atoms with E-state index < -0.39 is 17.7 Å². The molecule has 2 aromatic rings. The largest absolute Gasteiger partial charge is 0.467 e. The third-order valence-electron chi connectivity index (χ3n) is 4.08. The number of benzene rings is 1. The van der Waals surface area contributed by atoms with Gasteiger partial charge in [0.1, 0.15) is 11.6 Å². The highest BCUT2D eigenvalue weighted by molar-refractivity contribution is 6.32. The first-order valence-corrected chi connectivity index (χ1v) is 8.11. The van der Waals surface area contributed by atoms with Gasteiger partial charge in [-0.25, -0.2) is 9.18 Å². The Morgan fingerprint density at radius 3 is 2.73 bits per heavy atom. The van der Waals surface area contributed by atoms with Crippen LogP contribution in [0.1, 0.15) is 18.2 Å². The fourth-order valence-corrected chi connectivity index (χ4v) is 2.99. The number of hydrogen-bond donors (Lipinski definition) is 0. The van der Waals surface area contributed by atoms with Gasteiger partial charge in [-0.3, -0.25) is 4.79 Å². The number of carbonyl (C=O) groups excluding carboxylic acids is 2. The summed E-state index contributed by atoms with van der Waals surface area (Å²) in [5.74, 6) is -1.19. The van der Waals surface area contributed by atoms with Crippen LogP contribution >= 0.6 is 11.6 Å². The molecule has 1 aromatic carbocycles. The van der Waals surface area contributed by atoms with Crippen molar-refractivity contribution in [1.82, 2.24) is 4.90 Å². The van der Waals surface area contributed by atoms with Crippen LogP contribution in [0.2, 0.25) is 5.02 Å². The first kappa shape index (κ1) is 17.9. The van der Waals surface area contributed by atoms with Crippen LogP contribution in [0.15, 0.2) is 57.9 Å². The lowest BCUT2D eigenvalue weighted by Crippen LogP contribution is -2.24. The molecule has 0 saturated heterocycles. The summed E-state index contributed by atoms with van der Waals surface area (Å²) in [6.45, 7) is 1.76. The number of amides is 1. The second kappa shape index (κ2) is 7.17. The molecule has 7 heteroatoms. The van der Waals surface area contributed by atoms with Crippen LogP contribution in [-0.2, 0) is 20.9 Å². The lowest BCUT2D eigenvalue weighted by atomic mass is 10.0. The Hall–Kier alpha value is -2.86. The average Bonchev–Trinajstić information content (AvgIpc) is 3.20. The highest BCUT2D eigenvalue weighted by Gasteiger charge is 2.37. The van der Waals surface area contributed by atoms with Crippen molar-refractivity contribution < 1.29 is 23.1 Å². The molecular weight excluding hydrogens is 361 g/mol. The van der Waals surface area contributed by atoms with Crippen LogP contribution < -0.4 is 0 Å². The van der Waals surface area contributed by atoms with E-state index in [4.69, 9.17) is 20.8 Å². The Labute approximate surface area is 154 Å². The summed E-state index contributed by atoms with van der Waals surface area (Å²) in [6, 6.07) is 7.61. The molecule has 0 aliphatic carbocycles. The molecule has 0 unspecified atom stereocenters. The monoisotopic (exact) mass is 375 g/mol. The van der Waals surface area contributed by atoms with E-state index in [0.29, 0.717) is 11.5 Å². The maximum atomic E-state index is 14.1. The van der Waals surface area contributed by atoms with Crippen LogP contribution in [-0.4, -0.2) is 23.9 Å². The Bertz CT molecular complexity index is 911. The molecule has 0 radical (unpaired) electrons. The molecule has 3 rings (SSSR count). The van der Waals surface area contributed by atoms with Crippen molar-refractivity contribution in [2.45, 2.75) is 13.5 Å². The molecule has 134 valence electrons. The number of hydrogen-bond acceptors (Lipinski definition) is 4. The molecule has 1 aliphatic heterocycles. The SMILES string of the molecule is COC(=O)C1=C(C)N(Cc2ccco2)C(=O)/C1=C/c1c(F)cccc1Cl. The minimum atomic E-state index is -0.684. The first-order valence-electron chi connectivity index (χ1n) is 7.73. The number of methoxy groups -OCH3 is 1. The fraction of sp³-hybridized carbons (Fsp3) is 0.158. The molecule has 1 aromatic heterocycles. The summed E-state index contributed by atoms with van der Waals surface area (Å²) < 4.78 is 24.2. The van der Waals surface area contributed by atoms with Gasteiger partial charge in [-0.1, -0.05) is 17.7 Å². The Balaban J connectivity index is 2.10. The number of furan rings is 1. The van der Waals surface area contributed by atoms with Crippen LogP contribution in [0.25, 0.3) is 6.08 Å². The topological polar surface area (TPSA) is 59.8 Å². The molecule has 0 N–H and O–H groups in total. The van der Waals surface area contributed by atoms with E-state index >= 15 is 0 Å². The van der Waals surface area contributed by atoms with E-state index in [1.165, 1.54) is 42.5 Å². The lowest BCUT2D eigenvalue weighted by Gasteiger charge is -2.16. The van der Waals surface area contributed by atoms with E-state index in [1.54, 1.807) is 19.1 Å². The van der Waals surface area contributed by atoms with Gasteiger partial charge in [0, 0.05) is 11.3 Å². The maximum absolute atomic E-state index is 14.1. The molecule has 1 aliphatic rings. The van der Waals surface area contributed by atoms with E-state index in [2.05, 4.69) is 0 Å². The van der Waals surface area contributed by atoms with Crippen LogP contribution in [0, 0.1) is 5.82 Å². The van der Waals surface area contributed by atoms with Gasteiger partial charge in [-0.2, -0.15) is 0 Å². The molecule has 0 fully saturated rings. The Kier molecular flexibility index (Phi) is 4.95. The third kappa shape index (κ3) is 3.15. The van der Waals surface area contributed by atoms with Gasteiger partial charge in [0.15, 0.2) is 0 Å². The summed E-state index contributed by atoms with van der Waals surface area (Å²) in [5.41, 5.74) is 0.528. The lowest BCUT2D eigenvalue weighted by molar-refractivity contribution is -0.136. The number of esters is 1. The summed E-state index contributed by atoms with van der Waals surface area (Å²) in [7, 11) is 1.22. The van der Waals surface area contributed by atoms with Crippen LogP contribution in [0.3, 0.4) is 0 Å². The molecule has 0 bridgehead atoms. The zero-order valence-corrected chi connectivity index (χ0v) is 14.8. The average molecular weight is 376 g/mol. The Morgan fingerprint density at radius 1 is 1.35 bits per heavy atom. The molecule has 0 atom stereocenters. The second-order valence-electron chi connectivity index (χ2n) is 5.62. The van der Waals surface area contributed by atoms with Crippen LogP contribution in [0.5, 0.6) is 0 Å².